The largest absolute Gasteiger partial charge is 0.497 e. The zero-order chi connectivity index (χ0) is 26.6. The number of carbonyl (C=O) groups is 2. The number of nitrogens with one attached hydrogen (secondary N) is 4. The smallest absolute Gasteiger partial charge is 0.355 e. The molecule has 0 saturated heterocycles. The number of hydrogen-bond donors (Lipinski definition) is 4. The minimum Gasteiger partial charge on any atom is -0.497 e. The minimum atomic E-state index is -0.659. The SMILES string of the molecule is CCc1c(C(=O)OC(C)(C)C)[nH]c(CNc2ccc(OC)cc2)c1C(=O)NCc1ccc2cc[nH]c2c1. The van der Waals surface area contributed by atoms with E-state index in [1.807, 2.05) is 82.4 Å². The maximum absolute atomic E-state index is 13.5. The van der Waals surface area contributed by atoms with Gasteiger partial charge in [0.25, 0.3) is 5.91 Å². The third-order valence-electron chi connectivity index (χ3n) is 6.00. The van der Waals surface area contributed by atoms with Gasteiger partial charge in [0.05, 0.1) is 19.2 Å². The maximum atomic E-state index is 13.5. The molecule has 0 atom stereocenters. The van der Waals surface area contributed by atoms with E-state index in [2.05, 4.69) is 20.6 Å². The average molecular weight is 503 g/mol. The summed E-state index contributed by atoms with van der Waals surface area (Å²) in [5, 5.41) is 7.47. The van der Waals surface area contributed by atoms with Gasteiger partial charge in [0.1, 0.15) is 17.0 Å². The van der Waals surface area contributed by atoms with E-state index < -0.39 is 11.6 Å². The molecule has 4 N–H and O–H groups in total. The summed E-state index contributed by atoms with van der Waals surface area (Å²) in [6.07, 6.45) is 2.38. The summed E-state index contributed by atoms with van der Waals surface area (Å²) in [6.45, 7) is 8.06. The van der Waals surface area contributed by atoms with Crippen LogP contribution in [0.3, 0.4) is 0 Å². The van der Waals surface area contributed by atoms with Crippen molar-refractivity contribution < 1.29 is 19.1 Å². The predicted octanol–water partition coefficient (Wildman–Crippen LogP) is 5.56. The Labute approximate surface area is 216 Å². The van der Waals surface area contributed by atoms with E-state index in [4.69, 9.17) is 9.47 Å². The predicted molar refractivity (Wildman–Crippen MR) is 145 cm³/mol. The molecule has 4 aromatic rings. The number of fused-ring (bicyclic) bond motifs is 1. The minimum absolute atomic E-state index is 0.249. The average Bonchev–Trinajstić information content (AvgIpc) is 3.49. The van der Waals surface area contributed by atoms with Crippen LogP contribution in [-0.4, -0.2) is 34.6 Å². The van der Waals surface area contributed by atoms with Crippen LogP contribution >= 0.6 is 0 Å². The maximum Gasteiger partial charge on any atom is 0.355 e. The molecule has 37 heavy (non-hydrogen) atoms. The van der Waals surface area contributed by atoms with E-state index in [1.165, 1.54) is 0 Å². The summed E-state index contributed by atoms with van der Waals surface area (Å²) in [5.74, 6) is 0.0239. The molecule has 194 valence electrons. The highest BCUT2D eigenvalue weighted by Crippen LogP contribution is 2.25. The Morgan fingerprint density at radius 1 is 1.00 bits per heavy atom. The number of H-pyrrole nitrogens is 2. The molecule has 0 unspecified atom stereocenters. The van der Waals surface area contributed by atoms with Gasteiger partial charge in [-0.3, -0.25) is 4.79 Å². The van der Waals surface area contributed by atoms with Gasteiger partial charge in [0, 0.05) is 29.6 Å². The van der Waals surface area contributed by atoms with Crippen molar-refractivity contribution in [3.63, 3.8) is 0 Å². The molecule has 0 aliphatic carbocycles. The van der Waals surface area contributed by atoms with Gasteiger partial charge in [-0.15, -0.1) is 0 Å². The van der Waals surface area contributed by atoms with Crippen LogP contribution in [0.2, 0.25) is 0 Å². The lowest BCUT2D eigenvalue weighted by Gasteiger charge is -2.19. The molecular formula is C29H34N4O4. The van der Waals surface area contributed by atoms with Crippen molar-refractivity contribution >= 4 is 28.5 Å². The molecule has 1 amide bonds. The lowest BCUT2D eigenvalue weighted by Crippen LogP contribution is -2.26. The van der Waals surface area contributed by atoms with E-state index in [1.54, 1.807) is 7.11 Å². The van der Waals surface area contributed by atoms with Crippen LogP contribution in [0, 0.1) is 0 Å². The Morgan fingerprint density at radius 2 is 1.76 bits per heavy atom. The van der Waals surface area contributed by atoms with Gasteiger partial charge in [-0.2, -0.15) is 0 Å². The second-order valence-corrected chi connectivity index (χ2v) is 9.85. The number of carbonyl (C=O) groups excluding carboxylic acids is 2. The number of aromatic amines is 2. The van der Waals surface area contributed by atoms with Crippen LogP contribution < -0.4 is 15.4 Å². The van der Waals surface area contributed by atoms with Gasteiger partial charge in [-0.25, -0.2) is 4.79 Å². The van der Waals surface area contributed by atoms with Crippen molar-refractivity contribution in [1.29, 1.82) is 0 Å². The number of methoxy groups -OCH3 is 1. The fraction of sp³-hybridized carbons (Fsp3) is 0.310. The quantitative estimate of drug-likeness (QED) is 0.224. The van der Waals surface area contributed by atoms with Gasteiger partial charge in [0.15, 0.2) is 0 Å². The fourth-order valence-electron chi connectivity index (χ4n) is 4.23. The van der Waals surface area contributed by atoms with E-state index in [9.17, 15) is 9.59 Å². The van der Waals surface area contributed by atoms with Crippen molar-refractivity contribution in [2.75, 3.05) is 12.4 Å². The molecular weight excluding hydrogens is 468 g/mol. The molecule has 2 aromatic carbocycles. The summed E-state index contributed by atoms with van der Waals surface area (Å²) < 4.78 is 10.8. The number of esters is 1. The number of rotatable bonds is 9. The number of benzene rings is 2. The second-order valence-electron chi connectivity index (χ2n) is 9.85. The Bertz CT molecular complexity index is 1390. The monoisotopic (exact) mass is 502 g/mol. The summed E-state index contributed by atoms with van der Waals surface area (Å²) in [7, 11) is 1.62. The first-order valence-corrected chi connectivity index (χ1v) is 12.4. The summed E-state index contributed by atoms with van der Waals surface area (Å²) in [5.41, 5.74) is 4.21. The Balaban J connectivity index is 1.61. The fourth-order valence-corrected chi connectivity index (χ4v) is 4.23. The zero-order valence-corrected chi connectivity index (χ0v) is 22.0. The summed E-state index contributed by atoms with van der Waals surface area (Å²) in [6, 6.07) is 15.5. The van der Waals surface area contributed by atoms with Crippen molar-refractivity contribution in [1.82, 2.24) is 15.3 Å². The first-order valence-electron chi connectivity index (χ1n) is 12.4. The molecule has 0 aliphatic rings. The van der Waals surface area contributed by atoms with Crippen LogP contribution in [0.4, 0.5) is 5.69 Å². The van der Waals surface area contributed by atoms with Gasteiger partial charge in [-0.1, -0.05) is 19.1 Å². The third kappa shape index (κ3) is 6.14. The number of hydrogen-bond acceptors (Lipinski definition) is 5. The first-order chi connectivity index (χ1) is 17.7. The lowest BCUT2D eigenvalue weighted by molar-refractivity contribution is 0.00622. The van der Waals surface area contributed by atoms with Gasteiger partial charge in [-0.05, 0) is 80.1 Å². The zero-order valence-electron chi connectivity index (χ0n) is 22.0. The molecule has 2 aromatic heterocycles. The van der Waals surface area contributed by atoms with Gasteiger partial charge < -0.3 is 30.1 Å². The van der Waals surface area contributed by atoms with Crippen LogP contribution in [-0.2, 0) is 24.2 Å². The van der Waals surface area contributed by atoms with E-state index in [-0.39, 0.29) is 5.91 Å². The number of amides is 1. The molecule has 0 aliphatic heterocycles. The highest BCUT2D eigenvalue weighted by atomic mass is 16.6. The van der Waals surface area contributed by atoms with E-state index in [0.29, 0.717) is 42.0 Å². The first kappa shape index (κ1) is 25.9. The Hall–Kier alpha value is -4.20. The van der Waals surface area contributed by atoms with Gasteiger partial charge in [0.2, 0.25) is 0 Å². The van der Waals surface area contributed by atoms with Crippen molar-refractivity contribution in [3.05, 3.63) is 82.8 Å². The number of anilines is 1. The van der Waals surface area contributed by atoms with Crippen LogP contribution in [0.25, 0.3) is 10.9 Å². The van der Waals surface area contributed by atoms with Crippen molar-refractivity contribution in [2.24, 2.45) is 0 Å². The second kappa shape index (κ2) is 10.8. The van der Waals surface area contributed by atoms with Crippen LogP contribution in [0.1, 0.15) is 65.4 Å². The molecule has 0 bridgehead atoms. The topological polar surface area (TPSA) is 108 Å². The highest BCUT2D eigenvalue weighted by molar-refractivity contribution is 6.01. The van der Waals surface area contributed by atoms with E-state index >= 15 is 0 Å². The molecule has 0 saturated carbocycles. The molecule has 0 fully saturated rings. The summed E-state index contributed by atoms with van der Waals surface area (Å²) >= 11 is 0. The highest BCUT2D eigenvalue weighted by Gasteiger charge is 2.28. The summed E-state index contributed by atoms with van der Waals surface area (Å²) in [4.78, 5) is 32.9. The molecule has 8 heteroatoms. The molecule has 4 rings (SSSR count). The number of ether oxygens (including phenoxy) is 2. The Kier molecular flexibility index (Phi) is 7.57. The standard InChI is InChI=1S/C29H34N4O4/c1-6-22-25(27(34)32-16-18-7-8-19-13-14-30-23(19)15-18)24(33-26(22)28(35)37-29(2,3)4)17-31-20-9-11-21(36-5)12-10-20/h7-15,30-31,33H,6,16-17H2,1-5H3,(H,32,34). The third-order valence-corrected chi connectivity index (χ3v) is 6.00. The lowest BCUT2D eigenvalue weighted by atomic mass is 10.0. The molecule has 0 radical (unpaired) electrons. The molecule has 8 nitrogen and oxygen atoms in total. The van der Waals surface area contributed by atoms with Crippen molar-refractivity contribution in [2.45, 2.75) is 52.8 Å². The van der Waals surface area contributed by atoms with Crippen LogP contribution in [0.5, 0.6) is 5.75 Å². The van der Waals surface area contributed by atoms with Crippen LogP contribution in [0.15, 0.2) is 54.7 Å². The van der Waals surface area contributed by atoms with Gasteiger partial charge >= 0.3 is 5.97 Å². The van der Waals surface area contributed by atoms with Crippen molar-refractivity contribution in [3.8, 4) is 5.75 Å². The van der Waals surface area contributed by atoms with E-state index in [0.717, 1.165) is 27.9 Å². The molecule has 2 heterocycles. The Morgan fingerprint density at radius 3 is 2.43 bits per heavy atom. The molecule has 0 spiro atoms. The number of aromatic nitrogens is 2. The normalized spacial score (nSPS) is 11.4.